The fourth-order valence-electron chi connectivity index (χ4n) is 6.62. The number of ether oxygens (including phenoxy) is 1. The van der Waals surface area contributed by atoms with Crippen molar-refractivity contribution in [3.63, 3.8) is 0 Å². The van der Waals surface area contributed by atoms with Crippen LogP contribution in [0.4, 0.5) is 5.82 Å². The number of rotatable bonds is 9. The first-order valence-corrected chi connectivity index (χ1v) is 17.3. The minimum absolute atomic E-state index is 0.223. The van der Waals surface area contributed by atoms with Gasteiger partial charge in [-0.2, -0.15) is 0 Å². The van der Waals surface area contributed by atoms with Crippen molar-refractivity contribution in [3.8, 4) is 0 Å². The summed E-state index contributed by atoms with van der Waals surface area (Å²) in [5, 5.41) is 2.83. The molecular weight excluding hydrogens is 627 g/mol. The van der Waals surface area contributed by atoms with Crippen LogP contribution >= 0.6 is 7.60 Å². The van der Waals surface area contributed by atoms with E-state index in [2.05, 4.69) is 61.6 Å². The van der Waals surface area contributed by atoms with Gasteiger partial charge < -0.3 is 19.8 Å². The van der Waals surface area contributed by atoms with Gasteiger partial charge in [0.15, 0.2) is 17.0 Å². The molecule has 7 rings (SSSR count). The van der Waals surface area contributed by atoms with E-state index < -0.39 is 31.6 Å². The third-order valence-electron chi connectivity index (χ3n) is 8.58. The molecule has 0 saturated carbocycles. The van der Waals surface area contributed by atoms with Gasteiger partial charge in [0, 0.05) is 18.7 Å². The van der Waals surface area contributed by atoms with Crippen molar-refractivity contribution in [2.24, 2.45) is 0 Å². The average molecular weight is 661 g/mol. The molecule has 6 aromatic rings. The number of hydrogen-bond donors (Lipinski definition) is 3. The van der Waals surface area contributed by atoms with E-state index in [1.165, 1.54) is 6.33 Å². The first kappa shape index (κ1) is 31.6. The van der Waals surface area contributed by atoms with E-state index >= 15 is 0 Å². The maximum atomic E-state index is 13.0. The van der Waals surface area contributed by atoms with Crippen molar-refractivity contribution < 1.29 is 23.9 Å². The molecule has 11 nitrogen and oxygen atoms in total. The lowest BCUT2D eigenvalue weighted by Gasteiger charge is -2.50. The smallest absolute Gasteiger partial charge is 0.328 e. The molecule has 242 valence electrons. The highest BCUT2D eigenvalue weighted by Gasteiger charge is 2.47. The number of hydrogen-bond acceptors (Lipinski definition) is 7. The molecule has 2 atom stereocenters. The van der Waals surface area contributed by atoms with Crippen LogP contribution in [0.25, 0.3) is 11.2 Å². The second kappa shape index (κ2) is 13.2. The summed E-state index contributed by atoms with van der Waals surface area (Å²) in [7, 11) is -4.48. The van der Waals surface area contributed by atoms with Gasteiger partial charge in [0.2, 0.25) is 0 Å². The summed E-state index contributed by atoms with van der Waals surface area (Å²) in [5.41, 5.74) is 3.33. The van der Waals surface area contributed by atoms with Crippen LogP contribution in [-0.2, 0) is 14.8 Å². The number of anilines is 1. The lowest BCUT2D eigenvalue weighted by Crippen LogP contribution is -2.57. The Kier molecular flexibility index (Phi) is 8.70. The van der Waals surface area contributed by atoms with Crippen LogP contribution < -0.4 is 5.32 Å². The zero-order valence-corrected chi connectivity index (χ0v) is 26.7. The molecule has 1 aliphatic rings. The largest absolute Gasteiger partial charge is 0.351 e. The minimum Gasteiger partial charge on any atom is -0.351 e. The van der Waals surface area contributed by atoms with Crippen molar-refractivity contribution in [3.05, 3.63) is 156 Å². The van der Waals surface area contributed by atoms with E-state index in [4.69, 9.17) is 4.74 Å². The van der Waals surface area contributed by atoms with Gasteiger partial charge in [0.1, 0.15) is 12.6 Å². The number of nitrogens with one attached hydrogen (secondary N) is 1. The molecule has 4 aromatic carbocycles. The molecule has 2 aromatic heterocycles. The molecule has 0 bridgehead atoms. The van der Waals surface area contributed by atoms with Crippen LogP contribution in [0.5, 0.6) is 0 Å². The number of morpholine rings is 1. The highest BCUT2D eigenvalue weighted by atomic mass is 31.2. The van der Waals surface area contributed by atoms with Gasteiger partial charge in [-0.25, -0.2) is 15.0 Å². The molecule has 0 unspecified atom stereocenters. The topological polar surface area (TPSA) is 143 Å². The lowest BCUT2D eigenvalue weighted by atomic mass is 9.75. The molecular formula is C36H33N6O5P. The molecule has 0 radical (unpaired) electrons. The summed E-state index contributed by atoms with van der Waals surface area (Å²) in [6, 6.07) is 39.1. The number of carbonyl (C=O) groups is 1. The first-order valence-electron chi connectivity index (χ1n) is 15.5. The molecule has 12 heteroatoms. The van der Waals surface area contributed by atoms with Gasteiger partial charge in [-0.15, -0.1) is 0 Å². The van der Waals surface area contributed by atoms with E-state index in [1.54, 1.807) is 35.2 Å². The Labute approximate surface area is 277 Å². The average Bonchev–Trinajstić information content (AvgIpc) is 3.55. The Bertz CT molecular complexity index is 1960. The van der Waals surface area contributed by atoms with Gasteiger partial charge >= 0.3 is 7.60 Å². The number of aromatic nitrogens is 4. The maximum absolute atomic E-state index is 13.0. The summed E-state index contributed by atoms with van der Waals surface area (Å²) in [5.74, 6) is -0.107. The molecule has 0 aliphatic carbocycles. The van der Waals surface area contributed by atoms with Crippen molar-refractivity contribution in [2.75, 3.05) is 24.6 Å². The Morgan fingerprint density at radius 1 is 0.792 bits per heavy atom. The zero-order chi connectivity index (χ0) is 33.1. The van der Waals surface area contributed by atoms with E-state index in [0.717, 1.165) is 16.7 Å². The van der Waals surface area contributed by atoms with Crippen molar-refractivity contribution in [1.29, 1.82) is 0 Å². The quantitative estimate of drug-likeness (QED) is 0.136. The molecule has 1 amide bonds. The number of nitrogens with zero attached hydrogens (tertiary/aromatic N) is 5. The third-order valence-corrected chi connectivity index (χ3v) is 9.46. The van der Waals surface area contributed by atoms with E-state index in [9.17, 15) is 19.1 Å². The van der Waals surface area contributed by atoms with Crippen LogP contribution in [0.15, 0.2) is 134 Å². The summed E-state index contributed by atoms with van der Waals surface area (Å²) in [4.78, 5) is 48.9. The standard InChI is InChI=1S/C36H33N6O5P/c43-35(26-13-5-1-6-14-26)40-33-32-34(38-24-37-33)42(25-39-32)31-22-41(21-30(47-31)23-48(44,45)46)36(27-15-7-2-8-16-27,28-17-9-3-10-18-28)29-19-11-4-12-20-29/h1-20,24-25,30-31H,21-23H2,(H2,44,45,46)(H,37,38,40,43)/t30-,31+/m0/s1. The van der Waals surface area contributed by atoms with E-state index in [-0.39, 0.29) is 18.3 Å². The molecule has 1 saturated heterocycles. The molecule has 48 heavy (non-hydrogen) atoms. The highest BCUT2D eigenvalue weighted by Crippen LogP contribution is 2.46. The Balaban J connectivity index is 1.35. The third kappa shape index (κ3) is 6.17. The predicted molar refractivity (Wildman–Crippen MR) is 181 cm³/mol. The predicted octanol–water partition coefficient (Wildman–Crippen LogP) is 5.45. The molecule has 3 N–H and O–H groups in total. The highest BCUT2D eigenvalue weighted by molar-refractivity contribution is 7.51. The molecule has 3 heterocycles. The SMILES string of the molecule is O=C(Nc1ncnc2c1ncn2[C@H]1CN(C(c2ccccc2)(c2ccccc2)c2ccccc2)C[C@@H](CP(=O)(O)O)O1)c1ccccc1. The number of imidazole rings is 1. The van der Waals surface area contributed by atoms with Crippen LogP contribution in [0.2, 0.25) is 0 Å². The Hall–Kier alpha value is -5.03. The summed E-state index contributed by atoms with van der Waals surface area (Å²) < 4.78 is 20.7. The zero-order valence-electron chi connectivity index (χ0n) is 25.8. The van der Waals surface area contributed by atoms with Crippen LogP contribution in [-0.4, -0.2) is 65.5 Å². The van der Waals surface area contributed by atoms with Gasteiger partial charge in [0.25, 0.3) is 5.91 Å². The van der Waals surface area contributed by atoms with Crippen molar-refractivity contribution >= 4 is 30.5 Å². The van der Waals surface area contributed by atoms with E-state index in [0.29, 0.717) is 23.3 Å². The number of fused-ring (bicyclic) bond motifs is 1. The lowest BCUT2D eigenvalue weighted by molar-refractivity contribution is -0.128. The Morgan fingerprint density at radius 3 is 1.88 bits per heavy atom. The van der Waals surface area contributed by atoms with Gasteiger partial charge in [-0.05, 0) is 28.8 Å². The van der Waals surface area contributed by atoms with Crippen LogP contribution in [0.3, 0.4) is 0 Å². The van der Waals surface area contributed by atoms with Crippen LogP contribution in [0, 0.1) is 0 Å². The second-order valence-corrected chi connectivity index (χ2v) is 13.3. The van der Waals surface area contributed by atoms with Crippen LogP contribution in [0.1, 0.15) is 33.3 Å². The Morgan fingerprint density at radius 2 is 1.33 bits per heavy atom. The fraction of sp³-hybridized carbons (Fsp3) is 0.167. The van der Waals surface area contributed by atoms with Gasteiger partial charge in [-0.3, -0.25) is 18.8 Å². The van der Waals surface area contributed by atoms with Crippen molar-refractivity contribution in [1.82, 2.24) is 24.4 Å². The number of amides is 1. The molecule has 0 spiro atoms. The summed E-state index contributed by atoms with van der Waals surface area (Å²) >= 11 is 0. The van der Waals surface area contributed by atoms with Gasteiger partial charge in [-0.1, -0.05) is 109 Å². The second-order valence-electron chi connectivity index (χ2n) is 11.6. The maximum Gasteiger partial charge on any atom is 0.328 e. The summed E-state index contributed by atoms with van der Waals surface area (Å²) in [6.07, 6.45) is 0.820. The monoisotopic (exact) mass is 660 g/mol. The normalized spacial score (nSPS) is 17.3. The molecule has 1 fully saturated rings. The first-order chi connectivity index (χ1) is 23.3. The number of benzene rings is 4. The fourth-order valence-corrected chi connectivity index (χ4v) is 7.35. The minimum atomic E-state index is -4.48. The molecule has 1 aliphatic heterocycles. The van der Waals surface area contributed by atoms with E-state index in [1.807, 2.05) is 60.7 Å². The summed E-state index contributed by atoms with van der Waals surface area (Å²) in [6.45, 7) is 0.526. The number of carbonyl (C=O) groups excluding carboxylic acids is 1. The van der Waals surface area contributed by atoms with Gasteiger partial charge in [0.05, 0.1) is 24.1 Å². The van der Waals surface area contributed by atoms with Crippen molar-refractivity contribution in [2.45, 2.75) is 17.9 Å².